The molecule has 0 saturated heterocycles. The Morgan fingerprint density at radius 3 is 2.79 bits per heavy atom. The molecule has 1 atom stereocenters. The fraction of sp³-hybridized carbons (Fsp3) is 0.455. The number of pyridine rings is 1. The van der Waals surface area contributed by atoms with E-state index in [4.69, 9.17) is 0 Å². The van der Waals surface area contributed by atoms with Crippen LogP contribution < -0.4 is 5.32 Å². The van der Waals surface area contributed by atoms with Gasteiger partial charge in [-0.2, -0.15) is 0 Å². The van der Waals surface area contributed by atoms with Crippen molar-refractivity contribution in [2.45, 2.75) is 25.3 Å². The van der Waals surface area contributed by atoms with E-state index in [2.05, 4.69) is 26.2 Å². The molecule has 0 amide bonds. The zero-order valence-electron chi connectivity index (χ0n) is 10.1. The number of aliphatic carboxylic acids is 1. The van der Waals surface area contributed by atoms with E-state index in [1.165, 1.54) is 19.2 Å². The molecule has 0 aromatic carbocycles. The quantitative estimate of drug-likeness (QED) is 0.634. The highest BCUT2D eigenvalue weighted by molar-refractivity contribution is 9.10. The van der Waals surface area contributed by atoms with Crippen LogP contribution in [0, 0.1) is 16.0 Å². The molecule has 1 aliphatic carbocycles. The van der Waals surface area contributed by atoms with Crippen molar-refractivity contribution in [2.24, 2.45) is 5.92 Å². The van der Waals surface area contributed by atoms with Crippen molar-refractivity contribution in [3.05, 3.63) is 26.9 Å². The lowest BCUT2D eigenvalue weighted by Crippen LogP contribution is -2.46. The van der Waals surface area contributed by atoms with Crippen molar-refractivity contribution < 1.29 is 14.8 Å². The van der Waals surface area contributed by atoms with Crippen molar-refractivity contribution >= 4 is 33.4 Å². The van der Waals surface area contributed by atoms with E-state index in [1.807, 2.05) is 0 Å². The first kappa shape index (κ1) is 13.7. The number of halogens is 1. The Morgan fingerprint density at radius 2 is 2.32 bits per heavy atom. The van der Waals surface area contributed by atoms with E-state index in [9.17, 15) is 20.0 Å². The number of nitro groups is 1. The lowest BCUT2D eigenvalue weighted by Gasteiger charge is -2.26. The van der Waals surface area contributed by atoms with Crippen LogP contribution in [0.25, 0.3) is 0 Å². The van der Waals surface area contributed by atoms with E-state index in [-0.39, 0.29) is 17.4 Å². The Balaban J connectivity index is 2.37. The number of carboxylic acid groups (broad SMARTS) is 1. The zero-order chi connectivity index (χ0) is 14.2. The number of hydrogen-bond donors (Lipinski definition) is 2. The second-order valence-corrected chi connectivity index (χ2v) is 5.60. The smallest absolute Gasteiger partial charge is 0.329 e. The standard InChI is InChI=1S/C11H12BrN3O4/c1-11(10(16)17,6-2-3-6)14-9-8(15(18)19)4-7(12)5-13-9/h4-6H,2-3H2,1H3,(H,13,14)(H,16,17). The van der Waals surface area contributed by atoms with Gasteiger partial charge in [-0.25, -0.2) is 9.78 Å². The van der Waals surface area contributed by atoms with Crippen LogP contribution >= 0.6 is 15.9 Å². The monoisotopic (exact) mass is 329 g/mol. The largest absolute Gasteiger partial charge is 0.480 e. The molecule has 2 N–H and O–H groups in total. The molecule has 1 unspecified atom stereocenters. The van der Waals surface area contributed by atoms with Gasteiger partial charge >= 0.3 is 11.7 Å². The molecule has 19 heavy (non-hydrogen) atoms. The average molecular weight is 330 g/mol. The van der Waals surface area contributed by atoms with Gasteiger partial charge in [-0.1, -0.05) is 0 Å². The molecule has 2 rings (SSSR count). The minimum Gasteiger partial charge on any atom is -0.480 e. The summed E-state index contributed by atoms with van der Waals surface area (Å²) >= 11 is 3.10. The van der Waals surface area contributed by atoms with Gasteiger partial charge in [0, 0.05) is 16.7 Å². The van der Waals surface area contributed by atoms with E-state index < -0.39 is 16.4 Å². The topological polar surface area (TPSA) is 105 Å². The van der Waals surface area contributed by atoms with Crippen molar-refractivity contribution in [1.29, 1.82) is 0 Å². The Bertz CT molecular complexity index is 547. The van der Waals surface area contributed by atoms with Crippen LogP contribution in [-0.4, -0.2) is 26.5 Å². The third-order valence-corrected chi connectivity index (χ3v) is 3.68. The van der Waals surface area contributed by atoms with Gasteiger partial charge < -0.3 is 10.4 Å². The van der Waals surface area contributed by atoms with Crippen LogP contribution in [0.2, 0.25) is 0 Å². The highest BCUT2D eigenvalue weighted by Gasteiger charge is 2.48. The fourth-order valence-corrected chi connectivity index (χ4v) is 2.22. The Hall–Kier alpha value is -1.70. The van der Waals surface area contributed by atoms with Crippen molar-refractivity contribution in [2.75, 3.05) is 5.32 Å². The van der Waals surface area contributed by atoms with Crippen molar-refractivity contribution in [3.8, 4) is 0 Å². The maximum Gasteiger partial charge on any atom is 0.329 e. The SMILES string of the molecule is CC(Nc1ncc(Br)cc1[N+](=O)[O-])(C(=O)O)C1CC1. The number of rotatable bonds is 5. The third kappa shape index (κ3) is 2.67. The normalized spacial score (nSPS) is 17.6. The molecular weight excluding hydrogens is 318 g/mol. The van der Waals surface area contributed by atoms with Crippen molar-refractivity contribution in [1.82, 2.24) is 4.98 Å². The highest BCUT2D eigenvalue weighted by atomic mass is 79.9. The lowest BCUT2D eigenvalue weighted by molar-refractivity contribution is -0.384. The van der Waals surface area contributed by atoms with Crippen molar-refractivity contribution in [3.63, 3.8) is 0 Å². The number of nitrogens with one attached hydrogen (secondary N) is 1. The highest BCUT2D eigenvalue weighted by Crippen LogP contribution is 2.42. The number of carboxylic acids is 1. The number of nitrogens with zero attached hydrogens (tertiary/aromatic N) is 2. The first-order chi connectivity index (χ1) is 8.84. The summed E-state index contributed by atoms with van der Waals surface area (Å²) in [5.41, 5.74) is -1.48. The van der Waals surface area contributed by atoms with Crippen LogP contribution in [0.1, 0.15) is 19.8 Å². The summed E-state index contributed by atoms with van der Waals surface area (Å²) in [4.78, 5) is 25.7. The fourth-order valence-electron chi connectivity index (χ4n) is 1.90. The van der Waals surface area contributed by atoms with Crippen LogP contribution in [0.4, 0.5) is 11.5 Å². The van der Waals surface area contributed by atoms with Crippen LogP contribution in [0.15, 0.2) is 16.7 Å². The second-order valence-electron chi connectivity index (χ2n) is 4.69. The number of aromatic nitrogens is 1. The summed E-state index contributed by atoms with van der Waals surface area (Å²) in [6.07, 6.45) is 2.98. The lowest BCUT2D eigenvalue weighted by atomic mass is 9.96. The average Bonchev–Trinajstić information content (AvgIpc) is 3.15. The van der Waals surface area contributed by atoms with Crippen LogP contribution in [-0.2, 0) is 4.79 Å². The van der Waals surface area contributed by atoms with Gasteiger partial charge in [0.25, 0.3) is 0 Å². The summed E-state index contributed by atoms with van der Waals surface area (Å²) < 4.78 is 0.466. The molecule has 7 nitrogen and oxygen atoms in total. The zero-order valence-corrected chi connectivity index (χ0v) is 11.7. The van der Waals surface area contributed by atoms with Gasteiger partial charge in [0.1, 0.15) is 5.54 Å². The molecule has 0 radical (unpaired) electrons. The van der Waals surface area contributed by atoms with E-state index in [1.54, 1.807) is 0 Å². The van der Waals surface area contributed by atoms with Gasteiger partial charge in [-0.05, 0) is 41.6 Å². The summed E-state index contributed by atoms with van der Waals surface area (Å²) in [6.45, 7) is 1.53. The van der Waals surface area contributed by atoms with E-state index >= 15 is 0 Å². The second kappa shape index (κ2) is 4.76. The molecule has 1 aliphatic rings. The molecule has 1 saturated carbocycles. The molecule has 1 heterocycles. The summed E-state index contributed by atoms with van der Waals surface area (Å²) in [6, 6.07) is 1.30. The number of anilines is 1. The number of hydrogen-bond acceptors (Lipinski definition) is 5. The first-order valence-electron chi connectivity index (χ1n) is 5.66. The maximum absolute atomic E-state index is 11.4. The maximum atomic E-state index is 11.4. The first-order valence-corrected chi connectivity index (χ1v) is 6.45. The van der Waals surface area contributed by atoms with Crippen LogP contribution in [0.3, 0.4) is 0 Å². The van der Waals surface area contributed by atoms with E-state index in [0.717, 1.165) is 12.8 Å². The molecule has 8 heteroatoms. The van der Waals surface area contributed by atoms with Gasteiger partial charge in [0.05, 0.1) is 4.92 Å². The predicted molar refractivity (Wildman–Crippen MR) is 71.0 cm³/mol. The molecule has 0 spiro atoms. The predicted octanol–water partition coefficient (Wildman–Crippen LogP) is 2.42. The van der Waals surface area contributed by atoms with E-state index in [0.29, 0.717) is 4.47 Å². The third-order valence-electron chi connectivity index (χ3n) is 3.25. The van der Waals surface area contributed by atoms with Gasteiger partial charge in [0.2, 0.25) is 5.82 Å². The molecule has 0 aliphatic heterocycles. The Labute approximate surface area is 117 Å². The van der Waals surface area contributed by atoms with Gasteiger partial charge in [-0.3, -0.25) is 10.1 Å². The Kier molecular flexibility index (Phi) is 3.44. The number of carbonyl (C=O) groups is 1. The minimum absolute atomic E-state index is 0.0231. The molecule has 1 aromatic rings. The molecule has 0 bridgehead atoms. The Morgan fingerprint density at radius 1 is 1.68 bits per heavy atom. The molecular formula is C11H12BrN3O4. The summed E-state index contributed by atoms with van der Waals surface area (Å²) in [5.74, 6) is -1.09. The van der Waals surface area contributed by atoms with Gasteiger partial charge in [0.15, 0.2) is 0 Å². The minimum atomic E-state index is -1.23. The molecule has 1 fully saturated rings. The molecule has 102 valence electrons. The summed E-state index contributed by atoms with van der Waals surface area (Å²) in [7, 11) is 0. The summed E-state index contributed by atoms with van der Waals surface area (Å²) in [5, 5.41) is 23.0. The van der Waals surface area contributed by atoms with Crippen LogP contribution in [0.5, 0.6) is 0 Å². The molecule has 1 aromatic heterocycles. The van der Waals surface area contributed by atoms with Gasteiger partial charge in [-0.15, -0.1) is 0 Å².